The molecule has 0 unspecified atom stereocenters. The van der Waals surface area contributed by atoms with Crippen LogP contribution in [0.5, 0.6) is 0 Å². The maximum atomic E-state index is 5.55. The van der Waals surface area contributed by atoms with E-state index >= 15 is 0 Å². The van der Waals surface area contributed by atoms with Crippen molar-refractivity contribution in [3.8, 4) is 10.4 Å². The Balaban J connectivity index is 2.25. The summed E-state index contributed by atoms with van der Waals surface area (Å²) in [5, 5.41) is 0. The minimum Gasteiger partial charge on any atom is -0.378 e. The van der Waals surface area contributed by atoms with E-state index in [1.165, 1.54) is 26.6 Å². The van der Waals surface area contributed by atoms with Gasteiger partial charge in [0.2, 0.25) is 0 Å². The predicted octanol–water partition coefficient (Wildman–Crippen LogP) is 3.84. The lowest BCUT2D eigenvalue weighted by molar-refractivity contribution is 1.13. The first-order chi connectivity index (χ1) is 9.11. The van der Waals surface area contributed by atoms with Crippen molar-refractivity contribution in [1.29, 1.82) is 0 Å². The van der Waals surface area contributed by atoms with Crippen LogP contribution in [0.1, 0.15) is 11.8 Å². The van der Waals surface area contributed by atoms with Gasteiger partial charge in [0.1, 0.15) is 0 Å². The van der Waals surface area contributed by atoms with Crippen molar-refractivity contribution in [1.82, 2.24) is 0 Å². The summed E-state index contributed by atoms with van der Waals surface area (Å²) in [6, 6.07) is 13.0. The van der Waals surface area contributed by atoms with E-state index in [0.29, 0.717) is 6.54 Å². The summed E-state index contributed by atoms with van der Waals surface area (Å²) in [5.41, 5.74) is 9.29. The fraction of sp³-hybridized carbons (Fsp3) is 0.250. The van der Waals surface area contributed by atoms with Crippen LogP contribution in [-0.2, 0) is 0 Å². The van der Waals surface area contributed by atoms with Crippen molar-refractivity contribution < 1.29 is 0 Å². The largest absolute Gasteiger partial charge is 0.378 e. The molecule has 0 amide bonds. The summed E-state index contributed by atoms with van der Waals surface area (Å²) in [4.78, 5) is 4.69. The van der Waals surface area contributed by atoms with Gasteiger partial charge in [0, 0.05) is 36.1 Å². The Morgan fingerprint density at radius 2 is 1.84 bits per heavy atom. The zero-order chi connectivity index (χ0) is 13.8. The summed E-state index contributed by atoms with van der Waals surface area (Å²) in [5.74, 6) is 0. The van der Waals surface area contributed by atoms with Crippen LogP contribution in [0.25, 0.3) is 16.0 Å². The molecule has 0 fully saturated rings. The molecule has 0 atom stereocenters. The SMILES string of the molecule is C/C(=C\CN)c1ccc(-c2ccc(N(C)C)cc2)s1. The quantitative estimate of drug-likeness (QED) is 0.916. The summed E-state index contributed by atoms with van der Waals surface area (Å²) in [6.45, 7) is 2.70. The van der Waals surface area contributed by atoms with Crippen LogP contribution < -0.4 is 10.6 Å². The van der Waals surface area contributed by atoms with E-state index in [2.05, 4.69) is 68.4 Å². The lowest BCUT2D eigenvalue weighted by Gasteiger charge is -2.12. The first-order valence-electron chi connectivity index (χ1n) is 6.36. The zero-order valence-corrected chi connectivity index (χ0v) is 12.5. The highest BCUT2D eigenvalue weighted by Crippen LogP contribution is 2.32. The van der Waals surface area contributed by atoms with Gasteiger partial charge in [-0.25, -0.2) is 0 Å². The van der Waals surface area contributed by atoms with E-state index in [4.69, 9.17) is 5.73 Å². The molecule has 0 aliphatic carbocycles. The second-order valence-corrected chi connectivity index (χ2v) is 5.81. The van der Waals surface area contributed by atoms with Crippen molar-refractivity contribution in [2.75, 3.05) is 25.5 Å². The fourth-order valence-electron chi connectivity index (χ4n) is 1.91. The molecule has 100 valence electrons. The maximum Gasteiger partial charge on any atom is 0.0361 e. The van der Waals surface area contributed by atoms with Gasteiger partial charge in [0.05, 0.1) is 0 Å². The Bertz CT molecular complexity index is 565. The van der Waals surface area contributed by atoms with Crippen LogP contribution in [-0.4, -0.2) is 20.6 Å². The lowest BCUT2D eigenvalue weighted by atomic mass is 10.1. The van der Waals surface area contributed by atoms with E-state index in [1.54, 1.807) is 0 Å². The van der Waals surface area contributed by atoms with Crippen molar-refractivity contribution in [3.63, 3.8) is 0 Å². The average molecular weight is 272 g/mol. The molecule has 2 N–H and O–H groups in total. The molecule has 2 rings (SSSR count). The summed E-state index contributed by atoms with van der Waals surface area (Å²) in [6.07, 6.45) is 2.06. The molecule has 2 nitrogen and oxygen atoms in total. The van der Waals surface area contributed by atoms with Crippen LogP contribution in [0.15, 0.2) is 42.5 Å². The number of allylic oxidation sites excluding steroid dienone is 1. The number of thiophene rings is 1. The van der Waals surface area contributed by atoms with Gasteiger partial charge >= 0.3 is 0 Å². The molecular formula is C16H20N2S. The minimum absolute atomic E-state index is 0.594. The van der Waals surface area contributed by atoms with Crippen LogP contribution in [0, 0.1) is 0 Å². The van der Waals surface area contributed by atoms with Gasteiger partial charge in [-0.2, -0.15) is 0 Å². The number of rotatable bonds is 4. The zero-order valence-electron chi connectivity index (χ0n) is 11.7. The molecular weight excluding hydrogens is 252 g/mol. The predicted molar refractivity (Wildman–Crippen MR) is 86.8 cm³/mol. The van der Waals surface area contributed by atoms with E-state index in [1.807, 2.05) is 11.3 Å². The number of nitrogens with two attached hydrogens (primary N) is 1. The Morgan fingerprint density at radius 3 is 2.42 bits per heavy atom. The Morgan fingerprint density at radius 1 is 1.16 bits per heavy atom. The topological polar surface area (TPSA) is 29.3 Å². The third-order valence-electron chi connectivity index (χ3n) is 3.09. The number of nitrogens with zero attached hydrogens (tertiary/aromatic N) is 1. The third kappa shape index (κ3) is 3.25. The first kappa shape index (κ1) is 13.8. The maximum absolute atomic E-state index is 5.55. The number of hydrogen-bond donors (Lipinski definition) is 1. The molecule has 1 aromatic carbocycles. The van der Waals surface area contributed by atoms with Gasteiger partial charge in [0.15, 0.2) is 0 Å². The van der Waals surface area contributed by atoms with E-state index in [0.717, 1.165) is 0 Å². The molecule has 0 saturated carbocycles. The smallest absolute Gasteiger partial charge is 0.0361 e. The molecule has 19 heavy (non-hydrogen) atoms. The van der Waals surface area contributed by atoms with Crippen LogP contribution in [0.3, 0.4) is 0 Å². The second-order valence-electron chi connectivity index (χ2n) is 4.73. The van der Waals surface area contributed by atoms with E-state index < -0.39 is 0 Å². The number of benzene rings is 1. The average Bonchev–Trinajstić information content (AvgIpc) is 2.89. The number of hydrogen-bond acceptors (Lipinski definition) is 3. The van der Waals surface area contributed by atoms with Gasteiger partial charge in [0.25, 0.3) is 0 Å². The van der Waals surface area contributed by atoms with Crippen LogP contribution in [0.4, 0.5) is 5.69 Å². The molecule has 0 bridgehead atoms. The van der Waals surface area contributed by atoms with Crippen LogP contribution >= 0.6 is 11.3 Å². The summed E-state index contributed by atoms with van der Waals surface area (Å²) >= 11 is 1.81. The normalized spacial score (nSPS) is 11.7. The number of anilines is 1. The Hall–Kier alpha value is -1.58. The molecule has 0 aliphatic heterocycles. The highest BCUT2D eigenvalue weighted by Gasteiger charge is 2.04. The highest BCUT2D eigenvalue weighted by molar-refractivity contribution is 7.16. The van der Waals surface area contributed by atoms with Crippen molar-refractivity contribution >= 4 is 22.6 Å². The molecule has 3 heteroatoms. The van der Waals surface area contributed by atoms with Gasteiger partial charge in [-0.1, -0.05) is 18.2 Å². The molecule has 1 aromatic heterocycles. The Kier molecular flexibility index (Phi) is 4.40. The fourth-order valence-corrected chi connectivity index (χ4v) is 2.91. The molecule has 0 spiro atoms. The summed E-state index contributed by atoms with van der Waals surface area (Å²) in [7, 11) is 4.11. The summed E-state index contributed by atoms with van der Waals surface area (Å²) < 4.78 is 0. The molecule has 0 aliphatic rings. The van der Waals surface area contributed by atoms with Crippen molar-refractivity contribution in [2.24, 2.45) is 5.73 Å². The van der Waals surface area contributed by atoms with E-state index in [9.17, 15) is 0 Å². The van der Waals surface area contributed by atoms with Gasteiger partial charge in [-0.15, -0.1) is 11.3 Å². The monoisotopic (exact) mass is 272 g/mol. The third-order valence-corrected chi connectivity index (χ3v) is 4.36. The van der Waals surface area contributed by atoms with Gasteiger partial charge in [-0.3, -0.25) is 0 Å². The van der Waals surface area contributed by atoms with Crippen molar-refractivity contribution in [2.45, 2.75) is 6.92 Å². The highest BCUT2D eigenvalue weighted by atomic mass is 32.1. The van der Waals surface area contributed by atoms with Crippen LogP contribution in [0.2, 0.25) is 0 Å². The van der Waals surface area contributed by atoms with Gasteiger partial charge in [-0.05, 0) is 42.3 Å². The van der Waals surface area contributed by atoms with Gasteiger partial charge < -0.3 is 10.6 Å². The van der Waals surface area contributed by atoms with E-state index in [-0.39, 0.29) is 0 Å². The Labute approximate surface area is 119 Å². The molecule has 0 saturated heterocycles. The van der Waals surface area contributed by atoms with Crippen molar-refractivity contribution in [3.05, 3.63) is 47.4 Å². The lowest BCUT2D eigenvalue weighted by Crippen LogP contribution is -2.07. The molecule has 1 heterocycles. The standard InChI is InChI=1S/C16H20N2S/c1-12(10-11-17)15-8-9-16(19-15)13-4-6-14(7-5-13)18(2)3/h4-10H,11,17H2,1-3H3/b12-10+. The first-order valence-corrected chi connectivity index (χ1v) is 7.18. The minimum atomic E-state index is 0.594. The second kappa shape index (κ2) is 6.04. The molecule has 2 aromatic rings. The molecule has 0 radical (unpaired) electrons.